The van der Waals surface area contributed by atoms with Gasteiger partial charge in [-0.2, -0.15) is 0 Å². The van der Waals surface area contributed by atoms with Crippen LogP contribution in [0, 0.1) is 10.1 Å². The van der Waals surface area contributed by atoms with Gasteiger partial charge in [0.15, 0.2) is 0 Å². The molecule has 0 aliphatic heterocycles. The highest BCUT2D eigenvalue weighted by Gasteiger charge is 2.18. The topological polar surface area (TPSA) is 60.2 Å². The van der Waals surface area contributed by atoms with Gasteiger partial charge in [-0.25, -0.2) is 0 Å². The fourth-order valence-electron chi connectivity index (χ4n) is 2.18. The SMILES string of the molecule is CCCCC/C=C/C/C=C/CCCCCCC([C]=O)[N+](=O)[O-]. The smallest absolute Gasteiger partial charge is 0.278 e. The highest BCUT2D eigenvalue weighted by molar-refractivity contribution is 5.56. The Labute approximate surface area is 134 Å². The van der Waals surface area contributed by atoms with E-state index in [1.54, 1.807) is 0 Å². The Morgan fingerprint density at radius 2 is 1.55 bits per heavy atom. The van der Waals surface area contributed by atoms with Gasteiger partial charge in [0.1, 0.15) is 0 Å². The minimum Gasteiger partial charge on any atom is -0.283 e. The molecule has 0 N–H and O–H groups in total. The largest absolute Gasteiger partial charge is 0.283 e. The zero-order valence-corrected chi connectivity index (χ0v) is 13.8. The predicted octanol–water partition coefficient (Wildman–Crippen LogP) is 5.16. The Morgan fingerprint density at radius 3 is 2.09 bits per heavy atom. The second-order valence-corrected chi connectivity index (χ2v) is 5.58. The number of carbonyl (C=O) groups excluding carboxylic acids is 1. The van der Waals surface area contributed by atoms with Crippen molar-refractivity contribution in [2.45, 2.75) is 83.6 Å². The second-order valence-electron chi connectivity index (χ2n) is 5.58. The molecule has 0 aromatic rings. The summed E-state index contributed by atoms with van der Waals surface area (Å²) in [7, 11) is 0. The Balaban J connectivity index is 3.37. The van der Waals surface area contributed by atoms with Crippen molar-refractivity contribution < 1.29 is 9.72 Å². The third-order valence-corrected chi connectivity index (χ3v) is 3.57. The molecule has 4 nitrogen and oxygen atoms in total. The Morgan fingerprint density at radius 1 is 0.955 bits per heavy atom. The van der Waals surface area contributed by atoms with Crippen molar-refractivity contribution in [2.24, 2.45) is 0 Å². The van der Waals surface area contributed by atoms with E-state index in [1.807, 2.05) is 0 Å². The van der Waals surface area contributed by atoms with E-state index >= 15 is 0 Å². The van der Waals surface area contributed by atoms with Crippen LogP contribution < -0.4 is 0 Å². The highest BCUT2D eigenvalue weighted by atomic mass is 16.6. The fraction of sp³-hybridized carbons (Fsp3) is 0.722. The van der Waals surface area contributed by atoms with E-state index in [1.165, 1.54) is 32.0 Å². The number of hydrogen-bond acceptors (Lipinski definition) is 3. The molecule has 0 saturated heterocycles. The van der Waals surface area contributed by atoms with Crippen LogP contribution in [0.1, 0.15) is 77.6 Å². The molecule has 4 heteroatoms. The van der Waals surface area contributed by atoms with E-state index in [0.717, 1.165) is 38.5 Å². The average molecular weight is 308 g/mol. The monoisotopic (exact) mass is 308 g/mol. The zero-order chi connectivity index (χ0) is 16.5. The first-order chi connectivity index (χ1) is 10.7. The van der Waals surface area contributed by atoms with Crippen LogP contribution in [0.5, 0.6) is 0 Å². The third-order valence-electron chi connectivity index (χ3n) is 3.57. The van der Waals surface area contributed by atoms with Gasteiger partial charge in [0, 0.05) is 11.3 Å². The van der Waals surface area contributed by atoms with Gasteiger partial charge in [0.05, 0.1) is 0 Å². The molecule has 0 aromatic heterocycles. The molecule has 0 heterocycles. The van der Waals surface area contributed by atoms with Gasteiger partial charge in [-0.05, 0) is 38.5 Å². The van der Waals surface area contributed by atoms with Crippen molar-refractivity contribution in [3.63, 3.8) is 0 Å². The Hall–Kier alpha value is -1.45. The summed E-state index contributed by atoms with van der Waals surface area (Å²) in [5.41, 5.74) is 0. The van der Waals surface area contributed by atoms with Crippen LogP contribution in [-0.4, -0.2) is 17.3 Å². The number of allylic oxidation sites excluding steroid dienone is 4. The minimum atomic E-state index is -1.14. The predicted molar refractivity (Wildman–Crippen MR) is 91.2 cm³/mol. The molecule has 0 aromatic carbocycles. The second kappa shape index (κ2) is 15.9. The lowest BCUT2D eigenvalue weighted by Gasteiger charge is -2.01. The molecule has 0 spiro atoms. The van der Waals surface area contributed by atoms with Gasteiger partial charge in [-0.15, -0.1) is 0 Å². The third kappa shape index (κ3) is 13.5. The standard InChI is InChI=1S/C18H30NO3/c1-2-3-4-5-6-7-8-9-10-11-12-13-14-15-16-18(17-20)19(21)22/h6-7,9-10,18H,2-5,8,11-16H2,1H3/b7-6+,10-9+. The minimum absolute atomic E-state index is 0.315. The van der Waals surface area contributed by atoms with E-state index in [4.69, 9.17) is 0 Å². The number of unbranched alkanes of at least 4 members (excludes halogenated alkanes) is 7. The normalized spacial score (nSPS) is 13.0. The molecule has 1 radical (unpaired) electrons. The summed E-state index contributed by atoms with van der Waals surface area (Å²) in [5, 5.41) is 10.4. The molecule has 0 saturated carbocycles. The van der Waals surface area contributed by atoms with Gasteiger partial charge >= 0.3 is 0 Å². The maximum Gasteiger partial charge on any atom is 0.278 e. The molecule has 0 fully saturated rings. The van der Waals surface area contributed by atoms with Crippen molar-refractivity contribution >= 4 is 6.29 Å². The van der Waals surface area contributed by atoms with Crippen LogP contribution in [0.25, 0.3) is 0 Å². The fourth-order valence-corrected chi connectivity index (χ4v) is 2.18. The molecule has 1 atom stereocenters. The first-order valence-electron chi connectivity index (χ1n) is 8.53. The lowest BCUT2D eigenvalue weighted by atomic mass is 10.1. The van der Waals surface area contributed by atoms with E-state index in [0.29, 0.717) is 6.42 Å². The van der Waals surface area contributed by atoms with Crippen LogP contribution >= 0.6 is 0 Å². The van der Waals surface area contributed by atoms with Crippen LogP contribution in [0.4, 0.5) is 0 Å². The first kappa shape index (κ1) is 20.6. The zero-order valence-electron chi connectivity index (χ0n) is 13.8. The van der Waals surface area contributed by atoms with E-state index < -0.39 is 11.0 Å². The molecule has 0 amide bonds. The molecule has 0 aliphatic carbocycles. The summed E-state index contributed by atoms with van der Waals surface area (Å²) in [4.78, 5) is 20.2. The molecule has 125 valence electrons. The summed E-state index contributed by atoms with van der Waals surface area (Å²) in [6.45, 7) is 2.22. The van der Waals surface area contributed by atoms with Crippen LogP contribution in [-0.2, 0) is 4.79 Å². The maximum absolute atomic E-state index is 10.4. The maximum atomic E-state index is 10.4. The molecule has 0 aliphatic rings. The molecular formula is C18H30NO3. The van der Waals surface area contributed by atoms with Gasteiger partial charge in [0.25, 0.3) is 12.3 Å². The van der Waals surface area contributed by atoms with Gasteiger partial charge in [0.2, 0.25) is 0 Å². The number of nitrogens with zero attached hydrogens (tertiary/aromatic N) is 1. The Bertz CT molecular complexity index is 337. The van der Waals surface area contributed by atoms with Gasteiger partial charge in [-0.1, -0.05) is 56.9 Å². The van der Waals surface area contributed by atoms with Gasteiger partial charge in [-0.3, -0.25) is 14.9 Å². The van der Waals surface area contributed by atoms with Crippen molar-refractivity contribution in [1.29, 1.82) is 0 Å². The van der Waals surface area contributed by atoms with Crippen molar-refractivity contribution in [3.05, 3.63) is 34.4 Å². The van der Waals surface area contributed by atoms with E-state index in [9.17, 15) is 14.9 Å². The van der Waals surface area contributed by atoms with Crippen LogP contribution in [0.2, 0.25) is 0 Å². The number of nitro groups is 1. The lowest BCUT2D eigenvalue weighted by Crippen LogP contribution is -2.20. The van der Waals surface area contributed by atoms with Crippen LogP contribution in [0.15, 0.2) is 24.3 Å². The molecule has 22 heavy (non-hydrogen) atoms. The quantitative estimate of drug-likeness (QED) is 0.181. The summed E-state index contributed by atoms with van der Waals surface area (Å²) < 4.78 is 0. The van der Waals surface area contributed by atoms with Gasteiger partial charge < -0.3 is 0 Å². The lowest BCUT2D eigenvalue weighted by molar-refractivity contribution is -0.503. The summed E-state index contributed by atoms with van der Waals surface area (Å²) in [6.07, 6.45) is 21.6. The van der Waals surface area contributed by atoms with E-state index in [-0.39, 0.29) is 0 Å². The average Bonchev–Trinajstić information content (AvgIpc) is 2.51. The van der Waals surface area contributed by atoms with Crippen LogP contribution in [0.3, 0.4) is 0 Å². The molecule has 0 bridgehead atoms. The molecule has 1 unspecified atom stereocenters. The van der Waals surface area contributed by atoms with Crippen molar-refractivity contribution in [1.82, 2.24) is 0 Å². The highest BCUT2D eigenvalue weighted by Crippen LogP contribution is 2.09. The van der Waals surface area contributed by atoms with E-state index in [2.05, 4.69) is 31.2 Å². The summed E-state index contributed by atoms with van der Waals surface area (Å²) >= 11 is 0. The van der Waals surface area contributed by atoms with Crippen molar-refractivity contribution in [2.75, 3.05) is 0 Å². The summed E-state index contributed by atoms with van der Waals surface area (Å²) in [5.74, 6) is 0. The first-order valence-corrected chi connectivity index (χ1v) is 8.53. The number of rotatable bonds is 15. The molecule has 0 rings (SSSR count). The summed E-state index contributed by atoms with van der Waals surface area (Å²) in [6, 6.07) is -1.14. The molecular weight excluding hydrogens is 278 g/mol. The number of hydrogen-bond donors (Lipinski definition) is 0. The Kier molecular flexibility index (Phi) is 14.9. The van der Waals surface area contributed by atoms with Crippen molar-refractivity contribution in [3.8, 4) is 0 Å².